The van der Waals surface area contributed by atoms with Gasteiger partial charge in [0.2, 0.25) is 0 Å². The highest BCUT2D eigenvalue weighted by atomic mass is 35.5. The summed E-state index contributed by atoms with van der Waals surface area (Å²) in [5.74, 6) is 0. The maximum absolute atomic E-state index is 6.21. The molecule has 1 aliphatic carbocycles. The standard InChI is InChI=1S/C12H19ClN2O/c1-16-9-10-8-12(13)15(14-10)11-6-4-2-3-5-7-11/h8,11H,2-7,9H2,1H3. The topological polar surface area (TPSA) is 27.1 Å². The van der Waals surface area contributed by atoms with Crippen LogP contribution >= 0.6 is 11.6 Å². The van der Waals surface area contributed by atoms with Crippen LogP contribution in [0.15, 0.2) is 6.07 Å². The Morgan fingerprint density at radius 2 is 2.06 bits per heavy atom. The highest BCUT2D eigenvalue weighted by molar-refractivity contribution is 6.29. The number of hydrogen-bond acceptors (Lipinski definition) is 2. The normalized spacial score (nSPS) is 18.6. The van der Waals surface area contributed by atoms with E-state index in [-0.39, 0.29) is 0 Å². The second kappa shape index (κ2) is 5.69. The van der Waals surface area contributed by atoms with Crippen LogP contribution < -0.4 is 0 Å². The summed E-state index contributed by atoms with van der Waals surface area (Å²) in [7, 11) is 1.68. The molecule has 0 saturated heterocycles. The fourth-order valence-electron chi connectivity index (χ4n) is 2.40. The lowest BCUT2D eigenvalue weighted by Crippen LogP contribution is -2.10. The Labute approximate surface area is 102 Å². The molecule has 16 heavy (non-hydrogen) atoms. The molecule has 0 N–H and O–H groups in total. The van der Waals surface area contributed by atoms with Gasteiger partial charge in [0.15, 0.2) is 0 Å². The Hall–Kier alpha value is -0.540. The fourth-order valence-corrected chi connectivity index (χ4v) is 2.70. The second-order valence-corrected chi connectivity index (χ2v) is 4.87. The molecule has 1 aromatic heterocycles. The molecule has 0 atom stereocenters. The van der Waals surface area contributed by atoms with E-state index in [0.717, 1.165) is 10.8 Å². The number of hydrogen-bond donors (Lipinski definition) is 0. The highest BCUT2D eigenvalue weighted by Gasteiger charge is 2.18. The molecular formula is C12H19ClN2O. The molecule has 3 nitrogen and oxygen atoms in total. The van der Waals surface area contributed by atoms with Crippen LogP contribution in [0.25, 0.3) is 0 Å². The Morgan fingerprint density at radius 3 is 2.69 bits per heavy atom. The summed E-state index contributed by atoms with van der Waals surface area (Å²) < 4.78 is 7.06. The summed E-state index contributed by atoms with van der Waals surface area (Å²) in [4.78, 5) is 0. The van der Waals surface area contributed by atoms with Gasteiger partial charge in [0.05, 0.1) is 18.3 Å². The molecule has 0 spiro atoms. The molecule has 1 heterocycles. The van der Waals surface area contributed by atoms with E-state index in [9.17, 15) is 0 Å². The minimum Gasteiger partial charge on any atom is -0.378 e. The van der Waals surface area contributed by atoms with Crippen LogP contribution in [-0.4, -0.2) is 16.9 Å². The second-order valence-electron chi connectivity index (χ2n) is 4.48. The van der Waals surface area contributed by atoms with Gasteiger partial charge in [-0.05, 0) is 12.8 Å². The molecule has 2 rings (SSSR count). The van der Waals surface area contributed by atoms with Crippen molar-refractivity contribution >= 4 is 11.6 Å². The lowest BCUT2D eigenvalue weighted by atomic mass is 10.1. The van der Waals surface area contributed by atoms with Crippen molar-refractivity contribution in [1.29, 1.82) is 0 Å². The van der Waals surface area contributed by atoms with Crippen LogP contribution in [0, 0.1) is 0 Å². The minimum absolute atomic E-state index is 0.487. The molecule has 0 aliphatic heterocycles. The van der Waals surface area contributed by atoms with Crippen molar-refractivity contribution in [3.05, 3.63) is 16.9 Å². The van der Waals surface area contributed by atoms with Crippen molar-refractivity contribution < 1.29 is 4.74 Å². The monoisotopic (exact) mass is 242 g/mol. The zero-order chi connectivity index (χ0) is 11.4. The smallest absolute Gasteiger partial charge is 0.127 e. The van der Waals surface area contributed by atoms with E-state index < -0.39 is 0 Å². The van der Waals surface area contributed by atoms with Crippen molar-refractivity contribution in [3.63, 3.8) is 0 Å². The fraction of sp³-hybridized carbons (Fsp3) is 0.750. The maximum Gasteiger partial charge on any atom is 0.127 e. The van der Waals surface area contributed by atoms with E-state index in [1.54, 1.807) is 7.11 Å². The summed E-state index contributed by atoms with van der Waals surface area (Å²) in [5.41, 5.74) is 0.928. The van der Waals surface area contributed by atoms with Crippen LogP contribution in [0.3, 0.4) is 0 Å². The van der Waals surface area contributed by atoms with Gasteiger partial charge in [0.1, 0.15) is 5.15 Å². The van der Waals surface area contributed by atoms with Gasteiger partial charge < -0.3 is 4.74 Å². The van der Waals surface area contributed by atoms with Crippen molar-refractivity contribution in [2.24, 2.45) is 0 Å². The van der Waals surface area contributed by atoms with E-state index in [0.29, 0.717) is 12.6 Å². The van der Waals surface area contributed by atoms with Gasteiger partial charge in [-0.15, -0.1) is 0 Å². The first-order valence-corrected chi connectivity index (χ1v) is 6.42. The van der Waals surface area contributed by atoms with Gasteiger partial charge in [0.25, 0.3) is 0 Å². The Bertz CT molecular complexity index is 330. The minimum atomic E-state index is 0.487. The van der Waals surface area contributed by atoms with Crippen molar-refractivity contribution in [3.8, 4) is 0 Å². The Kier molecular flexibility index (Phi) is 4.24. The molecule has 1 fully saturated rings. The zero-order valence-electron chi connectivity index (χ0n) is 9.79. The summed E-state index contributed by atoms with van der Waals surface area (Å²) in [6.07, 6.45) is 7.68. The molecule has 4 heteroatoms. The average molecular weight is 243 g/mol. The lowest BCUT2D eigenvalue weighted by Gasteiger charge is -2.15. The van der Waals surface area contributed by atoms with E-state index in [4.69, 9.17) is 16.3 Å². The lowest BCUT2D eigenvalue weighted by molar-refractivity contribution is 0.180. The molecule has 0 radical (unpaired) electrons. The number of methoxy groups -OCH3 is 1. The van der Waals surface area contributed by atoms with Crippen LogP contribution in [0.5, 0.6) is 0 Å². The third kappa shape index (κ3) is 2.77. The van der Waals surface area contributed by atoms with E-state index in [2.05, 4.69) is 5.10 Å². The van der Waals surface area contributed by atoms with E-state index in [1.807, 2.05) is 10.7 Å². The molecule has 0 aromatic carbocycles. The van der Waals surface area contributed by atoms with Crippen LogP contribution in [0.2, 0.25) is 5.15 Å². The number of rotatable bonds is 3. The average Bonchev–Trinajstić information content (AvgIpc) is 2.52. The molecule has 0 unspecified atom stereocenters. The molecule has 1 aromatic rings. The van der Waals surface area contributed by atoms with Gasteiger partial charge >= 0.3 is 0 Å². The predicted molar refractivity (Wildman–Crippen MR) is 64.7 cm³/mol. The molecule has 0 amide bonds. The third-order valence-corrected chi connectivity index (χ3v) is 3.49. The predicted octanol–water partition coefficient (Wildman–Crippen LogP) is 3.58. The van der Waals surface area contributed by atoms with Crippen molar-refractivity contribution in [1.82, 2.24) is 9.78 Å². The van der Waals surface area contributed by atoms with E-state index in [1.165, 1.54) is 38.5 Å². The SMILES string of the molecule is COCc1cc(Cl)n(C2CCCCCC2)n1. The molecule has 1 aliphatic rings. The highest BCUT2D eigenvalue weighted by Crippen LogP contribution is 2.29. The van der Waals surface area contributed by atoms with Crippen LogP contribution in [0.1, 0.15) is 50.3 Å². The summed E-state index contributed by atoms with van der Waals surface area (Å²) >= 11 is 6.21. The van der Waals surface area contributed by atoms with Crippen LogP contribution in [0.4, 0.5) is 0 Å². The molecule has 1 saturated carbocycles. The third-order valence-electron chi connectivity index (χ3n) is 3.20. The Balaban J connectivity index is 2.11. The Morgan fingerprint density at radius 1 is 1.38 bits per heavy atom. The van der Waals surface area contributed by atoms with Gasteiger partial charge in [-0.25, -0.2) is 0 Å². The van der Waals surface area contributed by atoms with Crippen molar-refractivity contribution in [2.75, 3.05) is 7.11 Å². The van der Waals surface area contributed by atoms with Gasteiger partial charge in [-0.1, -0.05) is 37.3 Å². The molecule has 90 valence electrons. The molecular weight excluding hydrogens is 224 g/mol. The largest absolute Gasteiger partial charge is 0.378 e. The summed E-state index contributed by atoms with van der Waals surface area (Å²) in [6, 6.07) is 2.40. The van der Waals surface area contributed by atoms with E-state index >= 15 is 0 Å². The van der Waals surface area contributed by atoms with Crippen molar-refractivity contribution in [2.45, 2.75) is 51.2 Å². The van der Waals surface area contributed by atoms with Gasteiger partial charge in [-0.3, -0.25) is 4.68 Å². The first kappa shape index (κ1) is 11.9. The quantitative estimate of drug-likeness (QED) is 0.758. The first-order valence-electron chi connectivity index (χ1n) is 6.04. The number of nitrogens with zero attached hydrogens (tertiary/aromatic N) is 2. The summed E-state index contributed by atoms with van der Waals surface area (Å²) in [6.45, 7) is 0.541. The zero-order valence-corrected chi connectivity index (χ0v) is 10.5. The number of halogens is 1. The van der Waals surface area contributed by atoms with Crippen LogP contribution in [-0.2, 0) is 11.3 Å². The van der Waals surface area contributed by atoms with Gasteiger partial charge in [0, 0.05) is 13.2 Å². The van der Waals surface area contributed by atoms with Gasteiger partial charge in [-0.2, -0.15) is 5.10 Å². The number of aromatic nitrogens is 2. The maximum atomic E-state index is 6.21. The first-order chi connectivity index (χ1) is 7.81. The summed E-state index contributed by atoms with van der Waals surface area (Å²) in [5, 5.41) is 5.27. The number of ether oxygens (including phenoxy) is 1. The molecule has 0 bridgehead atoms.